The van der Waals surface area contributed by atoms with E-state index in [0.717, 1.165) is 0 Å². The molecule has 0 radical (unpaired) electrons. The van der Waals surface area contributed by atoms with Gasteiger partial charge in [0, 0.05) is 12.3 Å². The first-order chi connectivity index (χ1) is 12.1. The summed E-state index contributed by atoms with van der Waals surface area (Å²) in [5.41, 5.74) is 0.502. The fourth-order valence-corrected chi connectivity index (χ4v) is 3.13. The first-order valence-electron chi connectivity index (χ1n) is 7.85. The molecule has 1 aromatic carbocycles. The van der Waals surface area contributed by atoms with Gasteiger partial charge in [-0.15, -0.1) is 0 Å². The molecular weight excluding hydrogens is 342 g/mol. The zero-order chi connectivity index (χ0) is 17.8. The van der Waals surface area contributed by atoms with Crippen LogP contribution in [0.4, 0.5) is 5.88 Å². The Morgan fingerprint density at radius 2 is 2.20 bits per heavy atom. The second kappa shape index (κ2) is 7.47. The Hall–Kier alpha value is -2.68. The molecule has 9 heteroatoms. The average molecular weight is 359 g/mol. The first-order valence-corrected chi connectivity index (χ1v) is 8.84. The monoisotopic (exact) mass is 359 g/mol. The number of aryl methyl sites for hydroxylation is 1. The molecular formula is C16H17N5O3S. The maximum absolute atomic E-state index is 12.5. The summed E-state index contributed by atoms with van der Waals surface area (Å²) in [4.78, 5) is 20.9. The number of fused-ring (bicyclic) bond motifs is 1. The molecule has 0 aliphatic rings. The van der Waals surface area contributed by atoms with Gasteiger partial charge in [-0.2, -0.15) is 0 Å². The lowest BCUT2D eigenvalue weighted by Gasteiger charge is -2.13. The van der Waals surface area contributed by atoms with Gasteiger partial charge in [0.05, 0.1) is 10.9 Å². The molecule has 0 aliphatic heterocycles. The van der Waals surface area contributed by atoms with Crippen molar-refractivity contribution in [1.82, 2.24) is 14.8 Å². The van der Waals surface area contributed by atoms with E-state index in [0.29, 0.717) is 29.1 Å². The number of thioether (sulfide) groups is 1. The van der Waals surface area contributed by atoms with Gasteiger partial charge >= 0.3 is 5.88 Å². The van der Waals surface area contributed by atoms with Crippen LogP contribution in [0.2, 0.25) is 0 Å². The maximum Gasteiger partial charge on any atom is 0.320 e. The van der Waals surface area contributed by atoms with Gasteiger partial charge in [-0.05, 0) is 31.9 Å². The lowest BCUT2D eigenvalue weighted by Crippen LogP contribution is -2.32. The number of benzene rings is 1. The summed E-state index contributed by atoms with van der Waals surface area (Å²) >= 11 is 1.18. The number of para-hydroxylation sites is 1. The van der Waals surface area contributed by atoms with Crippen molar-refractivity contribution in [2.24, 2.45) is 4.99 Å². The van der Waals surface area contributed by atoms with E-state index in [1.54, 1.807) is 33.6 Å². The Morgan fingerprint density at radius 3 is 2.92 bits per heavy atom. The molecule has 0 N–H and O–H groups in total. The van der Waals surface area contributed by atoms with Crippen LogP contribution in [-0.2, 0) is 13.1 Å². The first kappa shape index (κ1) is 17.2. The van der Waals surface area contributed by atoms with E-state index in [1.807, 2.05) is 19.9 Å². The van der Waals surface area contributed by atoms with Crippen LogP contribution >= 0.6 is 11.8 Å². The number of hydrogen-bond acceptors (Lipinski definition) is 7. The molecule has 0 atom stereocenters. The summed E-state index contributed by atoms with van der Waals surface area (Å²) in [6.07, 6.45) is 1.55. The molecule has 0 aliphatic carbocycles. The number of nitrogens with zero attached hydrogens (tertiary/aromatic N) is 5. The molecule has 0 saturated heterocycles. The van der Waals surface area contributed by atoms with Crippen molar-refractivity contribution >= 4 is 34.4 Å². The van der Waals surface area contributed by atoms with E-state index in [4.69, 9.17) is 4.52 Å². The molecule has 0 bridgehead atoms. The summed E-state index contributed by atoms with van der Waals surface area (Å²) in [7, 11) is 0. The van der Waals surface area contributed by atoms with Crippen molar-refractivity contribution in [3.8, 4) is 0 Å². The van der Waals surface area contributed by atoms with E-state index in [1.165, 1.54) is 11.8 Å². The summed E-state index contributed by atoms with van der Waals surface area (Å²) in [5, 5.41) is 16.8. The smallest absolute Gasteiger partial charge is 0.320 e. The zero-order valence-corrected chi connectivity index (χ0v) is 14.7. The number of rotatable bonds is 6. The number of aliphatic imine (C=N–C) groups is 1. The predicted molar refractivity (Wildman–Crippen MR) is 91.9 cm³/mol. The van der Waals surface area contributed by atoms with Gasteiger partial charge in [-0.3, -0.25) is 13.9 Å². The van der Waals surface area contributed by atoms with Crippen LogP contribution in [0.3, 0.4) is 0 Å². The summed E-state index contributed by atoms with van der Waals surface area (Å²) in [5.74, 6) is -0.168. The minimum Gasteiger partial charge on any atom is -0.861 e. The second-order valence-electron chi connectivity index (χ2n) is 5.15. The van der Waals surface area contributed by atoms with Gasteiger partial charge < -0.3 is 5.11 Å². The topological polar surface area (TPSA) is 100 Å². The molecule has 130 valence electrons. The third-order valence-corrected chi connectivity index (χ3v) is 4.49. The van der Waals surface area contributed by atoms with Gasteiger partial charge in [0.1, 0.15) is 0 Å². The van der Waals surface area contributed by atoms with Crippen molar-refractivity contribution in [3.05, 3.63) is 40.8 Å². The summed E-state index contributed by atoms with van der Waals surface area (Å²) < 4.78 is 8.04. The summed E-state index contributed by atoms with van der Waals surface area (Å²) in [6, 6.07) is 7.16. The van der Waals surface area contributed by atoms with E-state index in [2.05, 4.69) is 15.2 Å². The van der Waals surface area contributed by atoms with Crippen molar-refractivity contribution in [3.63, 3.8) is 0 Å². The second-order valence-corrected chi connectivity index (χ2v) is 6.09. The lowest BCUT2D eigenvalue weighted by atomic mass is 10.2. The molecule has 3 aromatic rings. The largest absolute Gasteiger partial charge is 0.861 e. The highest BCUT2D eigenvalue weighted by Gasteiger charge is 2.11. The van der Waals surface area contributed by atoms with Gasteiger partial charge in [0.2, 0.25) is 5.27 Å². The number of hydrogen-bond donors (Lipinski definition) is 0. The Kier molecular flexibility index (Phi) is 5.13. The minimum absolute atomic E-state index is 0.0532. The van der Waals surface area contributed by atoms with E-state index >= 15 is 0 Å². The van der Waals surface area contributed by atoms with Crippen LogP contribution in [0.1, 0.15) is 13.8 Å². The van der Waals surface area contributed by atoms with E-state index < -0.39 is 0 Å². The van der Waals surface area contributed by atoms with Crippen molar-refractivity contribution in [2.75, 3.05) is 5.75 Å². The zero-order valence-electron chi connectivity index (χ0n) is 13.9. The molecule has 0 spiro atoms. The van der Waals surface area contributed by atoms with Crippen LogP contribution in [0.25, 0.3) is 10.9 Å². The van der Waals surface area contributed by atoms with Crippen molar-refractivity contribution in [1.29, 1.82) is 0 Å². The van der Waals surface area contributed by atoms with Crippen LogP contribution in [0, 0.1) is 0 Å². The van der Waals surface area contributed by atoms with Crippen LogP contribution < -0.4 is 15.3 Å². The third-order valence-electron chi connectivity index (χ3n) is 3.53. The van der Waals surface area contributed by atoms with Gasteiger partial charge in [-0.25, -0.2) is 9.98 Å². The Balaban J connectivity index is 1.83. The fourth-order valence-electron chi connectivity index (χ4n) is 2.29. The van der Waals surface area contributed by atoms with E-state index in [-0.39, 0.29) is 23.1 Å². The minimum atomic E-state index is -0.380. The third kappa shape index (κ3) is 3.71. The highest BCUT2D eigenvalue weighted by molar-refractivity contribution is 7.99. The van der Waals surface area contributed by atoms with Crippen LogP contribution in [-0.4, -0.2) is 26.5 Å². The molecule has 0 fully saturated rings. The van der Waals surface area contributed by atoms with Crippen molar-refractivity contribution < 1.29 is 14.3 Å². The van der Waals surface area contributed by atoms with Crippen LogP contribution in [0.15, 0.2) is 49.9 Å². The predicted octanol–water partition coefficient (Wildman–Crippen LogP) is 0.894. The van der Waals surface area contributed by atoms with E-state index in [9.17, 15) is 9.90 Å². The highest BCUT2D eigenvalue weighted by Crippen LogP contribution is 2.18. The molecule has 0 amide bonds. The molecule has 0 saturated carbocycles. The molecule has 2 aromatic heterocycles. The number of aromatic nitrogens is 4. The SMILES string of the molecule is CCn1c(SC/C([O-])=N/c2c[n+](CC)no2)nc2ccccc2c1=O. The van der Waals surface area contributed by atoms with Gasteiger partial charge in [0.15, 0.2) is 11.7 Å². The molecule has 25 heavy (non-hydrogen) atoms. The Labute approximate surface area is 147 Å². The van der Waals surface area contributed by atoms with Gasteiger partial charge in [-0.1, -0.05) is 28.6 Å². The standard InChI is InChI=1S/C16H17N5O3S/c1-3-20-9-14(24-19-20)18-13(22)10-25-16-17-12-8-6-5-7-11(12)15(23)21(16)4-2/h5-9H,3-4,10H2,1-2H3. The quantitative estimate of drug-likeness (QED) is 0.213. The normalized spacial score (nSPS) is 12.0. The average Bonchev–Trinajstić information content (AvgIpc) is 3.07. The molecule has 2 heterocycles. The lowest BCUT2D eigenvalue weighted by molar-refractivity contribution is -0.759. The van der Waals surface area contributed by atoms with Gasteiger partial charge in [0.25, 0.3) is 11.8 Å². The summed E-state index contributed by atoms with van der Waals surface area (Å²) in [6.45, 7) is 4.88. The Bertz CT molecular complexity index is 979. The molecule has 8 nitrogen and oxygen atoms in total. The fraction of sp³-hybridized carbons (Fsp3) is 0.312. The van der Waals surface area contributed by atoms with Crippen molar-refractivity contribution in [2.45, 2.75) is 32.1 Å². The molecule has 3 rings (SSSR count). The van der Waals surface area contributed by atoms with Crippen LogP contribution in [0.5, 0.6) is 0 Å². The Morgan fingerprint density at radius 1 is 1.40 bits per heavy atom. The maximum atomic E-state index is 12.5. The highest BCUT2D eigenvalue weighted by atomic mass is 32.2. The molecule has 0 unspecified atom stereocenters.